The number of aryl methyl sites for hydroxylation is 3. The average molecular weight is 490 g/mol. The van der Waals surface area contributed by atoms with Crippen molar-refractivity contribution < 1.29 is 19.2 Å². The Labute approximate surface area is 202 Å². The van der Waals surface area contributed by atoms with Crippen LogP contribution in [0.25, 0.3) is 0 Å². The van der Waals surface area contributed by atoms with Crippen LogP contribution < -0.4 is 4.74 Å². The molecule has 9 nitrogen and oxygen atoms in total. The molecular formula is C22H27N5O4S2. The third-order valence-corrected chi connectivity index (χ3v) is 5.82. The Morgan fingerprint density at radius 1 is 0.909 bits per heavy atom. The number of carbonyl (C=O) groups excluding carboxylic acids is 2. The minimum atomic E-state index is -0.720. The number of rotatable bonds is 6. The molecule has 2 aromatic carbocycles. The molecule has 0 spiro atoms. The highest BCUT2D eigenvalue weighted by Gasteiger charge is 2.20. The van der Waals surface area contributed by atoms with Crippen LogP contribution in [0.5, 0.6) is 5.75 Å². The molecule has 2 amide bonds. The van der Waals surface area contributed by atoms with Crippen molar-refractivity contribution in [2.45, 2.75) is 27.7 Å². The SMILES string of the molecule is CSC(C)=NOC(=O)N(C)SN(C)C(=O)Oc1ccc(N=Nc2c(C)cccc2C)cc1C. The molecule has 2 rings (SSSR count). The van der Waals surface area contributed by atoms with Gasteiger partial charge < -0.3 is 4.74 Å². The molecular weight excluding hydrogens is 462 g/mol. The molecule has 0 bridgehead atoms. The molecule has 11 heteroatoms. The average Bonchev–Trinajstić information content (AvgIpc) is 2.78. The van der Waals surface area contributed by atoms with E-state index in [9.17, 15) is 9.59 Å². The molecule has 0 aliphatic carbocycles. The van der Waals surface area contributed by atoms with Crippen molar-refractivity contribution in [3.8, 4) is 5.75 Å². The zero-order valence-electron chi connectivity index (χ0n) is 19.6. The van der Waals surface area contributed by atoms with Gasteiger partial charge in [-0.1, -0.05) is 23.4 Å². The fourth-order valence-corrected chi connectivity index (χ4v) is 3.17. The topological polar surface area (TPSA) is 96.2 Å². The number of carbonyl (C=O) groups is 2. The Hall–Kier alpha value is -3.05. The number of benzene rings is 2. The maximum atomic E-state index is 12.4. The first-order valence-corrected chi connectivity index (χ1v) is 11.8. The zero-order valence-corrected chi connectivity index (χ0v) is 21.3. The van der Waals surface area contributed by atoms with Crippen molar-refractivity contribution in [1.29, 1.82) is 0 Å². The lowest BCUT2D eigenvalue weighted by Gasteiger charge is -2.20. The van der Waals surface area contributed by atoms with Crippen LogP contribution in [0.15, 0.2) is 51.8 Å². The molecule has 0 N–H and O–H groups in total. The van der Waals surface area contributed by atoms with Crippen LogP contribution in [-0.4, -0.2) is 46.2 Å². The number of hydrogen-bond donors (Lipinski definition) is 0. The van der Waals surface area contributed by atoms with Crippen molar-refractivity contribution in [3.05, 3.63) is 53.1 Å². The van der Waals surface area contributed by atoms with Gasteiger partial charge in [0, 0.05) is 14.1 Å². The molecule has 0 aliphatic heterocycles. The Morgan fingerprint density at radius 3 is 2.15 bits per heavy atom. The number of azo groups is 1. The van der Waals surface area contributed by atoms with Gasteiger partial charge in [0.2, 0.25) is 0 Å². The first-order valence-electron chi connectivity index (χ1n) is 9.88. The van der Waals surface area contributed by atoms with Crippen molar-refractivity contribution in [3.63, 3.8) is 0 Å². The smallest absolute Gasteiger partial charge is 0.409 e. The predicted octanol–water partition coefficient (Wildman–Crippen LogP) is 6.79. The molecule has 0 saturated heterocycles. The lowest BCUT2D eigenvalue weighted by molar-refractivity contribution is 0.136. The number of hydrogen-bond acceptors (Lipinski definition) is 9. The van der Waals surface area contributed by atoms with E-state index >= 15 is 0 Å². The van der Waals surface area contributed by atoms with Crippen LogP contribution in [0.3, 0.4) is 0 Å². The van der Waals surface area contributed by atoms with E-state index in [0.717, 1.165) is 33.3 Å². The predicted molar refractivity (Wildman–Crippen MR) is 134 cm³/mol. The third-order valence-electron chi connectivity index (χ3n) is 4.37. The second-order valence-corrected chi connectivity index (χ2v) is 9.26. The van der Waals surface area contributed by atoms with Gasteiger partial charge in [-0.15, -0.1) is 11.8 Å². The van der Waals surface area contributed by atoms with E-state index in [1.54, 1.807) is 25.1 Å². The summed E-state index contributed by atoms with van der Waals surface area (Å²) in [5.74, 6) is 0.379. The van der Waals surface area contributed by atoms with Crippen molar-refractivity contribution >= 4 is 52.5 Å². The monoisotopic (exact) mass is 489 g/mol. The molecule has 0 unspecified atom stereocenters. The van der Waals surface area contributed by atoms with Crippen LogP contribution in [-0.2, 0) is 4.84 Å². The number of nitrogens with zero attached hydrogens (tertiary/aromatic N) is 5. The van der Waals surface area contributed by atoms with Crippen molar-refractivity contribution in [1.82, 2.24) is 8.61 Å². The van der Waals surface area contributed by atoms with Crippen LogP contribution in [0, 0.1) is 20.8 Å². The number of thioether (sulfide) groups is 1. The quantitative estimate of drug-likeness (QED) is 0.111. The summed E-state index contributed by atoms with van der Waals surface area (Å²) in [5, 5.41) is 12.9. The number of oxime groups is 1. The van der Waals surface area contributed by atoms with E-state index in [2.05, 4.69) is 15.4 Å². The van der Waals surface area contributed by atoms with Gasteiger partial charge in [0.1, 0.15) is 10.8 Å². The molecule has 0 saturated carbocycles. The molecule has 2 aromatic rings. The normalized spacial score (nSPS) is 11.4. The molecule has 0 radical (unpaired) electrons. The molecule has 176 valence electrons. The second kappa shape index (κ2) is 12.3. The fraction of sp³-hybridized carbons (Fsp3) is 0.318. The van der Waals surface area contributed by atoms with E-state index in [4.69, 9.17) is 9.57 Å². The Bertz CT molecular complexity index is 1050. The van der Waals surface area contributed by atoms with Gasteiger partial charge in [-0.25, -0.2) is 18.2 Å². The standard InChI is InChI=1S/C22H27N5O4S2/c1-14-9-8-10-15(2)20(14)24-23-18-11-12-19(16(3)13-18)30-21(28)26(5)33-27(6)22(29)31-25-17(4)32-7/h8-13H,1-7H3. The molecule has 0 aliphatic rings. The molecule has 0 heterocycles. The fourth-order valence-electron chi connectivity index (χ4n) is 2.49. The summed E-state index contributed by atoms with van der Waals surface area (Å²) in [6, 6.07) is 11.1. The van der Waals surface area contributed by atoms with Gasteiger partial charge in [-0.3, -0.25) is 4.84 Å². The van der Waals surface area contributed by atoms with Crippen LogP contribution in [0.4, 0.5) is 21.0 Å². The Kier molecular flexibility index (Phi) is 9.74. The van der Waals surface area contributed by atoms with E-state index < -0.39 is 12.2 Å². The van der Waals surface area contributed by atoms with Crippen LogP contribution >= 0.6 is 23.9 Å². The highest BCUT2D eigenvalue weighted by molar-refractivity contribution is 8.13. The van der Waals surface area contributed by atoms with Crippen LogP contribution in [0.1, 0.15) is 23.6 Å². The third kappa shape index (κ3) is 7.79. The highest BCUT2D eigenvalue weighted by atomic mass is 32.2. The molecule has 0 fully saturated rings. The minimum absolute atomic E-state index is 0.379. The maximum absolute atomic E-state index is 12.4. The van der Waals surface area contributed by atoms with Gasteiger partial charge in [-0.2, -0.15) is 10.2 Å². The largest absolute Gasteiger partial charge is 0.447 e. The molecule has 0 atom stereocenters. The Morgan fingerprint density at radius 2 is 1.55 bits per heavy atom. The van der Waals surface area contributed by atoms with E-state index in [-0.39, 0.29) is 0 Å². The summed E-state index contributed by atoms with van der Waals surface area (Å²) in [6.45, 7) is 7.50. The Balaban J connectivity index is 1.99. The maximum Gasteiger partial charge on any atom is 0.447 e. The second-order valence-electron chi connectivity index (χ2n) is 7.01. The number of ether oxygens (including phenoxy) is 1. The van der Waals surface area contributed by atoms with E-state index in [1.165, 1.54) is 30.2 Å². The van der Waals surface area contributed by atoms with Gasteiger partial charge in [0.15, 0.2) is 0 Å². The summed E-state index contributed by atoms with van der Waals surface area (Å²) in [5.41, 5.74) is 4.28. The van der Waals surface area contributed by atoms with E-state index in [0.29, 0.717) is 22.0 Å². The highest BCUT2D eigenvalue weighted by Crippen LogP contribution is 2.29. The summed E-state index contributed by atoms with van der Waals surface area (Å²) in [7, 11) is 2.94. The van der Waals surface area contributed by atoms with Gasteiger partial charge in [-0.05, 0) is 68.8 Å². The number of amides is 2. The molecule has 33 heavy (non-hydrogen) atoms. The van der Waals surface area contributed by atoms with Gasteiger partial charge in [0.05, 0.1) is 23.5 Å². The summed E-state index contributed by atoms with van der Waals surface area (Å²) in [4.78, 5) is 29.2. The van der Waals surface area contributed by atoms with Gasteiger partial charge >= 0.3 is 12.2 Å². The summed E-state index contributed by atoms with van der Waals surface area (Å²) < 4.78 is 7.74. The summed E-state index contributed by atoms with van der Waals surface area (Å²) in [6.07, 6.45) is 0.441. The van der Waals surface area contributed by atoms with Crippen molar-refractivity contribution in [2.24, 2.45) is 15.4 Å². The minimum Gasteiger partial charge on any atom is -0.409 e. The lowest BCUT2D eigenvalue weighted by Crippen LogP contribution is -2.30. The first-order chi connectivity index (χ1) is 15.6. The molecule has 0 aromatic heterocycles. The van der Waals surface area contributed by atoms with Crippen LogP contribution in [0.2, 0.25) is 0 Å². The van der Waals surface area contributed by atoms with Gasteiger partial charge in [0.25, 0.3) is 0 Å². The summed E-state index contributed by atoms with van der Waals surface area (Å²) >= 11 is 2.17. The lowest BCUT2D eigenvalue weighted by atomic mass is 10.1. The van der Waals surface area contributed by atoms with Crippen molar-refractivity contribution in [2.75, 3.05) is 20.4 Å². The zero-order chi connectivity index (χ0) is 24.5. The van der Waals surface area contributed by atoms with E-state index in [1.807, 2.05) is 45.2 Å². The first kappa shape index (κ1) is 26.2.